The number of fused-ring (bicyclic) bond motifs is 1. The van der Waals surface area contributed by atoms with E-state index in [-0.39, 0.29) is 30.5 Å². The summed E-state index contributed by atoms with van der Waals surface area (Å²) in [5.74, 6) is 0.660. The number of carbonyl (C=O) groups is 2. The first-order valence-corrected chi connectivity index (χ1v) is 10.7. The molecule has 2 heterocycles. The fourth-order valence-electron chi connectivity index (χ4n) is 3.88. The molecule has 0 spiro atoms. The van der Waals surface area contributed by atoms with Crippen LogP contribution in [0.5, 0.6) is 0 Å². The summed E-state index contributed by atoms with van der Waals surface area (Å²) < 4.78 is 7.43. The zero-order chi connectivity index (χ0) is 20.8. The van der Waals surface area contributed by atoms with E-state index in [0.717, 1.165) is 49.8 Å². The molecule has 2 atom stereocenters. The summed E-state index contributed by atoms with van der Waals surface area (Å²) in [6.07, 6.45) is 3.12. The lowest BCUT2D eigenvalue weighted by molar-refractivity contribution is -0.132. The van der Waals surface area contributed by atoms with Gasteiger partial charge in [0.15, 0.2) is 0 Å². The Kier molecular flexibility index (Phi) is 7.25. The SMILES string of the molecule is CCCN(CCC)C(=O)Cn1c(C(C)NC(=O)C2CCCO2)nc2ccccc21. The highest BCUT2D eigenvalue weighted by Gasteiger charge is 2.27. The van der Waals surface area contributed by atoms with Gasteiger partial charge < -0.3 is 19.5 Å². The Bertz CT molecular complexity index is 836. The van der Waals surface area contributed by atoms with E-state index < -0.39 is 0 Å². The molecule has 0 aliphatic carbocycles. The van der Waals surface area contributed by atoms with E-state index in [1.807, 2.05) is 40.7 Å². The van der Waals surface area contributed by atoms with E-state index in [1.165, 1.54) is 0 Å². The molecule has 0 saturated carbocycles. The van der Waals surface area contributed by atoms with Crippen LogP contribution in [0.2, 0.25) is 0 Å². The number of hydrogen-bond donors (Lipinski definition) is 1. The van der Waals surface area contributed by atoms with Crippen molar-refractivity contribution in [3.05, 3.63) is 30.1 Å². The maximum absolute atomic E-state index is 13.0. The molecule has 0 radical (unpaired) electrons. The van der Waals surface area contributed by atoms with Gasteiger partial charge in [-0.05, 0) is 44.7 Å². The summed E-state index contributed by atoms with van der Waals surface area (Å²) in [5, 5.41) is 3.02. The minimum atomic E-state index is -0.387. The van der Waals surface area contributed by atoms with E-state index in [4.69, 9.17) is 9.72 Å². The predicted octanol–water partition coefficient (Wildman–Crippen LogP) is 3.04. The lowest BCUT2D eigenvalue weighted by Crippen LogP contribution is -2.38. The molecule has 7 nitrogen and oxygen atoms in total. The van der Waals surface area contributed by atoms with E-state index >= 15 is 0 Å². The predicted molar refractivity (Wildman–Crippen MR) is 112 cm³/mol. The van der Waals surface area contributed by atoms with Gasteiger partial charge in [-0.3, -0.25) is 9.59 Å². The zero-order valence-corrected chi connectivity index (χ0v) is 17.7. The zero-order valence-electron chi connectivity index (χ0n) is 17.7. The van der Waals surface area contributed by atoms with Gasteiger partial charge in [-0.25, -0.2) is 4.98 Å². The lowest BCUT2D eigenvalue weighted by atomic mass is 10.2. The fourth-order valence-corrected chi connectivity index (χ4v) is 3.88. The second-order valence-electron chi connectivity index (χ2n) is 7.66. The van der Waals surface area contributed by atoms with Crippen LogP contribution < -0.4 is 5.32 Å². The van der Waals surface area contributed by atoms with Crippen LogP contribution >= 0.6 is 0 Å². The van der Waals surface area contributed by atoms with Crippen LogP contribution in [0.3, 0.4) is 0 Å². The topological polar surface area (TPSA) is 76.5 Å². The van der Waals surface area contributed by atoms with Crippen LogP contribution in [0.15, 0.2) is 24.3 Å². The molecule has 1 aliphatic heterocycles. The minimum absolute atomic E-state index is 0.0794. The number of rotatable bonds is 9. The van der Waals surface area contributed by atoms with Gasteiger partial charge in [0.25, 0.3) is 0 Å². The van der Waals surface area contributed by atoms with Crippen LogP contribution in [-0.4, -0.2) is 52.1 Å². The van der Waals surface area contributed by atoms with Gasteiger partial charge in [0.1, 0.15) is 18.5 Å². The highest BCUT2D eigenvalue weighted by molar-refractivity contribution is 5.83. The maximum Gasteiger partial charge on any atom is 0.249 e. The second kappa shape index (κ2) is 9.87. The van der Waals surface area contributed by atoms with Crippen molar-refractivity contribution in [2.24, 2.45) is 0 Å². The summed E-state index contributed by atoms with van der Waals surface area (Å²) in [6, 6.07) is 7.46. The van der Waals surface area contributed by atoms with Gasteiger partial charge in [-0.1, -0.05) is 26.0 Å². The molecule has 2 aromatic rings. The van der Waals surface area contributed by atoms with Gasteiger partial charge in [0.2, 0.25) is 11.8 Å². The van der Waals surface area contributed by atoms with Crippen molar-refractivity contribution >= 4 is 22.8 Å². The largest absolute Gasteiger partial charge is 0.368 e. The monoisotopic (exact) mass is 400 g/mol. The van der Waals surface area contributed by atoms with E-state index in [1.54, 1.807) is 0 Å². The molecule has 1 fully saturated rings. The Morgan fingerprint density at radius 1 is 1.28 bits per heavy atom. The summed E-state index contributed by atoms with van der Waals surface area (Å²) in [4.78, 5) is 32.2. The summed E-state index contributed by atoms with van der Waals surface area (Å²) in [5.41, 5.74) is 1.73. The molecule has 1 aromatic carbocycles. The summed E-state index contributed by atoms with van der Waals surface area (Å²) in [7, 11) is 0. The first kappa shape index (κ1) is 21.3. The van der Waals surface area contributed by atoms with Crippen LogP contribution in [0.1, 0.15) is 58.3 Å². The van der Waals surface area contributed by atoms with E-state index in [9.17, 15) is 9.59 Å². The third kappa shape index (κ3) is 4.96. The highest BCUT2D eigenvalue weighted by Crippen LogP contribution is 2.22. The van der Waals surface area contributed by atoms with Gasteiger partial charge in [-0.15, -0.1) is 0 Å². The average Bonchev–Trinajstić information content (AvgIpc) is 3.36. The van der Waals surface area contributed by atoms with Crippen molar-refractivity contribution in [2.75, 3.05) is 19.7 Å². The molecule has 0 bridgehead atoms. The first-order chi connectivity index (χ1) is 14.0. The van der Waals surface area contributed by atoms with Gasteiger partial charge in [-0.2, -0.15) is 0 Å². The summed E-state index contributed by atoms with van der Waals surface area (Å²) >= 11 is 0. The van der Waals surface area contributed by atoms with Crippen molar-refractivity contribution in [1.82, 2.24) is 19.8 Å². The molecular weight excluding hydrogens is 368 g/mol. The number of imidazole rings is 1. The molecule has 29 heavy (non-hydrogen) atoms. The Morgan fingerprint density at radius 2 is 2.00 bits per heavy atom. The quantitative estimate of drug-likeness (QED) is 0.702. The minimum Gasteiger partial charge on any atom is -0.368 e. The molecule has 2 unspecified atom stereocenters. The van der Waals surface area contributed by atoms with Gasteiger partial charge in [0.05, 0.1) is 17.1 Å². The third-order valence-electron chi connectivity index (χ3n) is 5.29. The first-order valence-electron chi connectivity index (χ1n) is 10.7. The fraction of sp³-hybridized carbons (Fsp3) is 0.591. The number of para-hydroxylation sites is 2. The average molecular weight is 401 g/mol. The summed E-state index contributed by atoms with van der Waals surface area (Å²) in [6.45, 7) is 8.41. The van der Waals surface area contributed by atoms with Crippen molar-refractivity contribution in [2.45, 2.75) is 65.1 Å². The van der Waals surface area contributed by atoms with Crippen molar-refractivity contribution < 1.29 is 14.3 Å². The Hall–Kier alpha value is -2.41. The number of aromatic nitrogens is 2. The Labute approximate surface area is 172 Å². The molecule has 1 aromatic heterocycles. The van der Waals surface area contributed by atoms with Crippen molar-refractivity contribution in [1.29, 1.82) is 0 Å². The van der Waals surface area contributed by atoms with Gasteiger partial charge in [0, 0.05) is 19.7 Å². The maximum atomic E-state index is 13.0. The van der Waals surface area contributed by atoms with E-state index in [0.29, 0.717) is 12.4 Å². The standard InChI is InChI=1S/C22H32N4O3/c1-4-12-25(13-5-2)20(27)15-26-18-10-7-6-9-17(18)24-21(26)16(3)23-22(28)19-11-8-14-29-19/h6-7,9-10,16,19H,4-5,8,11-15H2,1-3H3,(H,23,28). The Morgan fingerprint density at radius 3 is 2.66 bits per heavy atom. The number of nitrogens with one attached hydrogen (secondary N) is 1. The third-order valence-corrected chi connectivity index (χ3v) is 5.29. The number of nitrogens with zero attached hydrogens (tertiary/aromatic N) is 3. The Balaban J connectivity index is 1.85. The molecule has 1 saturated heterocycles. The molecule has 158 valence electrons. The van der Waals surface area contributed by atoms with Crippen molar-refractivity contribution in [3.63, 3.8) is 0 Å². The van der Waals surface area contributed by atoms with Crippen LogP contribution in [0.4, 0.5) is 0 Å². The highest BCUT2D eigenvalue weighted by atomic mass is 16.5. The molecule has 1 N–H and O–H groups in total. The van der Waals surface area contributed by atoms with E-state index in [2.05, 4.69) is 19.2 Å². The number of carbonyl (C=O) groups excluding carboxylic acids is 2. The lowest BCUT2D eigenvalue weighted by Gasteiger charge is -2.23. The van der Waals surface area contributed by atoms with Crippen LogP contribution in [0, 0.1) is 0 Å². The molecule has 3 rings (SSSR count). The molecule has 1 aliphatic rings. The second-order valence-corrected chi connectivity index (χ2v) is 7.66. The van der Waals surface area contributed by atoms with Gasteiger partial charge >= 0.3 is 0 Å². The van der Waals surface area contributed by atoms with Crippen molar-refractivity contribution in [3.8, 4) is 0 Å². The smallest absolute Gasteiger partial charge is 0.249 e. The molecule has 2 amide bonds. The number of amides is 2. The molecule has 7 heteroatoms. The normalized spacial score (nSPS) is 17.4. The van der Waals surface area contributed by atoms with Crippen LogP contribution in [-0.2, 0) is 20.9 Å². The number of benzene rings is 1. The molecular formula is C22H32N4O3. The number of hydrogen-bond acceptors (Lipinski definition) is 4. The van der Waals surface area contributed by atoms with Crippen LogP contribution in [0.25, 0.3) is 11.0 Å². The number of ether oxygens (including phenoxy) is 1.